The highest BCUT2D eigenvalue weighted by atomic mass is 19.4. The minimum Gasteiger partial charge on any atom is -0.494 e. The molecule has 0 aromatic heterocycles. The van der Waals surface area contributed by atoms with Crippen molar-refractivity contribution in [1.82, 2.24) is 0 Å². The van der Waals surface area contributed by atoms with E-state index in [0.717, 1.165) is 35.4 Å². The van der Waals surface area contributed by atoms with E-state index in [1.807, 2.05) is 0 Å². The van der Waals surface area contributed by atoms with Gasteiger partial charge in [0.15, 0.2) is 0 Å². The first-order chi connectivity index (χ1) is 25.8. The average Bonchev–Trinajstić information content (AvgIpc) is 3.14. The molecule has 0 aliphatic rings. The van der Waals surface area contributed by atoms with Crippen LogP contribution in [0.4, 0.5) is 26.3 Å². The van der Waals surface area contributed by atoms with Crippen molar-refractivity contribution in [2.75, 3.05) is 39.6 Å². The van der Waals surface area contributed by atoms with Gasteiger partial charge in [0.25, 0.3) is 0 Å². The molecule has 0 amide bonds. The minimum absolute atomic E-state index is 0.239. The SMILES string of the molecule is C=CC(=O)OCCCCOc1ccc(CCCOc2ccc(OCCCc3ccc(OCCCCOC(=O)C=C)cc3)c(C(F)(F)F)c2C(F)(F)F)cc1. The summed E-state index contributed by atoms with van der Waals surface area (Å²) in [6.45, 7) is 7.44. The summed E-state index contributed by atoms with van der Waals surface area (Å²) in [7, 11) is 0. The molecule has 294 valence electrons. The van der Waals surface area contributed by atoms with E-state index in [-0.39, 0.29) is 39.3 Å². The number of esters is 2. The van der Waals surface area contributed by atoms with Crippen molar-refractivity contribution in [3.05, 3.63) is 108 Å². The molecule has 0 radical (unpaired) electrons. The van der Waals surface area contributed by atoms with Crippen LogP contribution in [0, 0.1) is 0 Å². The molecule has 8 nitrogen and oxygen atoms in total. The number of benzene rings is 3. The third kappa shape index (κ3) is 15.5. The maximum absolute atomic E-state index is 14.1. The van der Waals surface area contributed by atoms with E-state index in [1.165, 1.54) is 0 Å². The van der Waals surface area contributed by atoms with Gasteiger partial charge in [-0.1, -0.05) is 37.4 Å². The monoisotopic (exact) mass is 766 g/mol. The summed E-state index contributed by atoms with van der Waals surface area (Å²) in [5, 5.41) is 0. The molecule has 0 heterocycles. The third-order valence-electron chi connectivity index (χ3n) is 7.71. The molecule has 0 fully saturated rings. The van der Waals surface area contributed by atoms with Crippen LogP contribution in [0.3, 0.4) is 0 Å². The van der Waals surface area contributed by atoms with Crippen LogP contribution in [-0.2, 0) is 44.3 Å². The molecule has 0 saturated heterocycles. The van der Waals surface area contributed by atoms with Crippen LogP contribution < -0.4 is 18.9 Å². The van der Waals surface area contributed by atoms with E-state index >= 15 is 0 Å². The Balaban J connectivity index is 1.48. The van der Waals surface area contributed by atoms with Crippen molar-refractivity contribution in [1.29, 1.82) is 0 Å². The Morgan fingerprint density at radius 1 is 0.481 bits per heavy atom. The van der Waals surface area contributed by atoms with Crippen LogP contribution >= 0.6 is 0 Å². The quantitative estimate of drug-likeness (QED) is 0.0386. The van der Waals surface area contributed by atoms with Crippen molar-refractivity contribution in [3.63, 3.8) is 0 Å². The molecule has 0 aliphatic heterocycles. The normalized spacial score (nSPS) is 11.4. The van der Waals surface area contributed by atoms with Gasteiger partial charge in [0.2, 0.25) is 0 Å². The number of ether oxygens (including phenoxy) is 6. The van der Waals surface area contributed by atoms with E-state index in [9.17, 15) is 35.9 Å². The van der Waals surface area contributed by atoms with Gasteiger partial charge in [-0.2, -0.15) is 26.3 Å². The van der Waals surface area contributed by atoms with E-state index < -0.39 is 46.9 Å². The maximum atomic E-state index is 14.1. The Kier molecular flexibility index (Phi) is 17.8. The molecule has 3 rings (SSSR count). The van der Waals surface area contributed by atoms with Crippen LogP contribution in [0.15, 0.2) is 86.0 Å². The summed E-state index contributed by atoms with van der Waals surface area (Å²) in [6.07, 6.45) is -4.74. The molecular weight excluding hydrogens is 722 g/mol. The lowest BCUT2D eigenvalue weighted by molar-refractivity contribution is -0.164. The number of hydrogen-bond donors (Lipinski definition) is 0. The second-order valence-corrected chi connectivity index (χ2v) is 11.9. The molecule has 0 aliphatic carbocycles. The summed E-state index contributed by atoms with van der Waals surface area (Å²) in [4.78, 5) is 22.1. The summed E-state index contributed by atoms with van der Waals surface area (Å²) < 4.78 is 116. The van der Waals surface area contributed by atoms with Gasteiger partial charge in [-0.25, -0.2) is 9.59 Å². The first-order valence-electron chi connectivity index (χ1n) is 17.4. The van der Waals surface area contributed by atoms with Crippen LogP contribution in [0.2, 0.25) is 0 Å². The number of carbonyl (C=O) groups is 2. The topological polar surface area (TPSA) is 89.5 Å². The Bertz CT molecular complexity index is 1500. The zero-order chi connectivity index (χ0) is 39.4. The fraction of sp³-hybridized carbons (Fsp3) is 0.400. The molecular formula is C40H44F6O8. The number of unbranched alkanes of at least 4 members (excludes halogenated alkanes) is 2. The van der Waals surface area contributed by atoms with Crippen molar-refractivity contribution in [3.8, 4) is 23.0 Å². The van der Waals surface area contributed by atoms with E-state index in [4.69, 9.17) is 28.4 Å². The fourth-order valence-corrected chi connectivity index (χ4v) is 5.04. The average molecular weight is 767 g/mol. The van der Waals surface area contributed by atoms with Gasteiger partial charge in [-0.05, 0) is 98.9 Å². The summed E-state index contributed by atoms with van der Waals surface area (Å²) in [6, 6.07) is 15.7. The van der Waals surface area contributed by atoms with Crippen molar-refractivity contribution >= 4 is 11.9 Å². The molecule has 54 heavy (non-hydrogen) atoms. The van der Waals surface area contributed by atoms with Gasteiger partial charge < -0.3 is 28.4 Å². The number of rotatable bonds is 24. The highest BCUT2D eigenvalue weighted by Crippen LogP contribution is 2.49. The summed E-state index contributed by atoms with van der Waals surface area (Å²) in [5.74, 6) is -1.63. The van der Waals surface area contributed by atoms with E-state index in [1.54, 1.807) is 48.5 Å². The number of hydrogen-bond acceptors (Lipinski definition) is 8. The predicted molar refractivity (Wildman–Crippen MR) is 189 cm³/mol. The van der Waals surface area contributed by atoms with Crippen LogP contribution in [0.1, 0.15) is 60.8 Å². The molecule has 0 N–H and O–H groups in total. The van der Waals surface area contributed by atoms with E-state index in [2.05, 4.69) is 13.2 Å². The second kappa shape index (κ2) is 22.2. The smallest absolute Gasteiger partial charge is 0.420 e. The second-order valence-electron chi connectivity index (χ2n) is 11.9. The molecule has 0 unspecified atom stereocenters. The largest absolute Gasteiger partial charge is 0.494 e. The van der Waals surface area contributed by atoms with Crippen LogP contribution in [-0.4, -0.2) is 51.6 Å². The Hall–Kier alpha value is -5.14. The lowest BCUT2D eigenvalue weighted by Gasteiger charge is -2.22. The van der Waals surface area contributed by atoms with Gasteiger partial charge in [0, 0.05) is 12.2 Å². The fourth-order valence-electron chi connectivity index (χ4n) is 5.04. The van der Waals surface area contributed by atoms with E-state index in [0.29, 0.717) is 63.2 Å². The molecule has 14 heteroatoms. The number of alkyl halides is 6. The molecule has 0 atom stereocenters. The van der Waals surface area contributed by atoms with Gasteiger partial charge in [0.1, 0.15) is 34.1 Å². The highest BCUT2D eigenvalue weighted by molar-refractivity contribution is 5.81. The number of aryl methyl sites for hydroxylation is 2. The van der Waals surface area contributed by atoms with Gasteiger partial charge >= 0.3 is 24.3 Å². The van der Waals surface area contributed by atoms with Gasteiger partial charge in [0.05, 0.1) is 39.6 Å². The number of halogens is 6. The van der Waals surface area contributed by atoms with Gasteiger partial charge in [-0.15, -0.1) is 0 Å². The first kappa shape index (κ1) is 43.3. The Morgan fingerprint density at radius 3 is 1.15 bits per heavy atom. The highest BCUT2D eigenvalue weighted by Gasteiger charge is 2.48. The number of carbonyl (C=O) groups excluding carboxylic acids is 2. The molecule has 0 saturated carbocycles. The predicted octanol–water partition coefficient (Wildman–Crippen LogP) is 9.52. The standard InChI is InChI=1S/C40H44F6O8/c1-3-35(47)53-25-7-5-23-49-31-17-13-29(14-18-31)11-9-27-51-33-21-22-34(38(40(44,45)46)37(33)39(41,42)43)52-28-10-12-30-15-19-32(20-16-30)50-24-6-8-26-54-36(48)4-2/h3-4,13-22H,1-2,5-12,23-28H2. The molecule has 0 spiro atoms. The third-order valence-corrected chi connectivity index (χ3v) is 7.71. The summed E-state index contributed by atoms with van der Waals surface area (Å²) in [5.41, 5.74) is -2.19. The van der Waals surface area contributed by atoms with Crippen LogP contribution in [0.25, 0.3) is 0 Å². The Labute approximate surface area is 310 Å². The first-order valence-corrected chi connectivity index (χ1v) is 17.4. The summed E-state index contributed by atoms with van der Waals surface area (Å²) >= 11 is 0. The molecule has 3 aromatic rings. The zero-order valence-corrected chi connectivity index (χ0v) is 29.8. The Morgan fingerprint density at radius 2 is 0.815 bits per heavy atom. The lowest BCUT2D eigenvalue weighted by atomic mass is 10.0. The lowest BCUT2D eigenvalue weighted by Crippen LogP contribution is -2.20. The zero-order valence-electron chi connectivity index (χ0n) is 29.8. The molecule has 3 aromatic carbocycles. The molecule has 0 bridgehead atoms. The van der Waals surface area contributed by atoms with Gasteiger partial charge in [-0.3, -0.25) is 0 Å². The minimum atomic E-state index is -5.37. The van der Waals surface area contributed by atoms with Crippen molar-refractivity contribution in [2.45, 2.75) is 63.7 Å². The van der Waals surface area contributed by atoms with Crippen LogP contribution in [0.5, 0.6) is 23.0 Å². The van der Waals surface area contributed by atoms with Crippen molar-refractivity contribution in [2.24, 2.45) is 0 Å². The van der Waals surface area contributed by atoms with Crippen molar-refractivity contribution < 1.29 is 64.4 Å². The maximum Gasteiger partial charge on any atom is 0.420 e.